The van der Waals surface area contributed by atoms with Gasteiger partial charge in [-0.15, -0.1) is 0 Å². The van der Waals surface area contributed by atoms with Crippen LogP contribution in [0.3, 0.4) is 0 Å². The van der Waals surface area contributed by atoms with Gasteiger partial charge in [0.25, 0.3) is 5.91 Å². The van der Waals surface area contributed by atoms with Crippen molar-refractivity contribution >= 4 is 50.1 Å². The second-order valence-corrected chi connectivity index (χ2v) is 10.4. The van der Waals surface area contributed by atoms with Crippen molar-refractivity contribution in [2.24, 2.45) is 0 Å². The number of carbonyl (C=O) groups excluding carboxylic acids is 2. The molecule has 1 aliphatic rings. The minimum atomic E-state index is -0.895. The highest BCUT2D eigenvalue weighted by molar-refractivity contribution is 9.10. The van der Waals surface area contributed by atoms with Crippen LogP contribution >= 0.6 is 15.9 Å². The fourth-order valence-corrected chi connectivity index (χ4v) is 4.55. The fraction of sp³-hybridized carbons (Fsp3) is 0.296. The third kappa shape index (κ3) is 5.39. The Bertz CT molecular complexity index is 1380. The summed E-state index contributed by atoms with van der Waals surface area (Å²) in [5.74, 6) is 0.328. The summed E-state index contributed by atoms with van der Waals surface area (Å²) in [7, 11) is 1.59. The van der Waals surface area contributed by atoms with Crippen molar-refractivity contribution in [1.29, 1.82) is 5.26 Å². The van der Waals surface area contributed by atoms with E-state index in [1.165, 1.54) is 0 Å². The molecule has 0 unspecified atom stereocenters. The molecule has 1 atom stereocenters. The first-order chi connectivity index (χ1) is 17.1. The van der Waals surface area contributed by atoms with Gasteiger partial charge in [-0.05, 0) is 67.9 Å². The number of halogens is 1. The van der Waals surface area contributed by atoms with Gasteiger partial charge in [0.15, 0.2) is 0 Å². The van der Waals surface area contributed by atoms with Crippen LogP contribution in [0.25, 0.3) is 10.8 Å². The molecule has 1 heterocycles. The van der Waals surface area contributed by atoms with E-state index in [-0.39, 0.29) is 19.0 Å². The van der Waals surface area contributed by atoms with E-state index in [1.807, 2.05) is 30.3 Å². The van der Waals surface area contributed by atoms with Gasteiger partial charge in [-0.25, -0.2) is 4.79 Å². The van der Waals surface area contributed by atoms with Gasteiger partial charge in [0.2, 0.25) is 0 Å². The monoisotopic (exact) mass is 550 g/mol. The van der Waals surface area contributed by atoms with Crippen LogP contribution in [0.2, 0.25) is 0 Å². The van der Waals surface area contributed by atoms with E-state index in [1.54, 1.807) is 51.0 Å². The lowest BCUT2D eigenvalue weighted by atomic mass is 10.0. The number of ether oxygens (including phenoxy) is 2. The van der Waals surface area contributed by atoms with Crippen molar-refractivity contribution in [3.63, 3.8) is 0 Å². The molecule has 0 fully saturated rings. The Labute approximate surface area is 218 Å². The maximum absolute atomic E-state index is 13.9. The highest BCUT2D eigenvalue weighted by atomic mass is 79.9. The van der Waals surface area contributed by atoms with Gasteiger partial charge in [0, 0.05) is 16.6 Å². The topological polar surface area (TPSA) is 104 Å². The molecule has 0 saturated carbocycles. The van der Waals surface area contributed by atoms with Crippen molar-refractivity contribution in [2.45, 2.75) is 39.0 Å². The minimum Gasteiger partial charge on any atom is -0.496 e. The maximum atomic E-state index is 13.9. The largest absolute Gasteiger partial charge is 0.496 e. The van der Waals surface area contributed by atoms with Crippen LogP contribution in [-0.4, -0.2) is 37.3 Å². The number of alkyl carbamates (subject to hydrolysis) is 1. The molecule has 1 aliphatic heterocycles. The molecule has 2 amide bonds. The predicted molar refractivity (Wildman–Crippen MR) is 142 cm³/mol. The molecule has 186 valence electrons. The van der Waals surface area contributed by atoms with E-state index in [0.717, 1.165) is 20.8 Å². The van der Waals surface area contributed by atoms with Crippen LogP contribution in [0.15, 0.2) is 53.0 Å². The fourth-order valence-electron chi connectivity index (χ4n) is 4.17. The molecule has 0 aromatic heterocycles. The number of nitrogens with one attached hydrogen (secondary N) is 2. The summed E-state index contributed by atoms with van der Waals surface area (Å²) in [5, 5.41) is 17.2. The number of amides is 2. The average molecular weight is 551 g/mol. The zero-order valence-corrected chi connectivity index (χ0v) is 22.1. The van der Waals surface area contributed by atoms with E-state index in [0.29, 0.717) is 22.7 Å². The predicted octanol–water partition coefficient (Wildman–Crippen LogP) is 5.33. The van der Waals surface area contributed by atoms with Crippen LogP contribution in [0.4, 0.5) is 16.2 Å². The molecule has 0 spiro atoms. The lowest BCUT2D eigenvalue weighted by molar-refractivity contribution is -0.120. The number of benzene rings is 3. The van der Waals surface area contributed by atoms with Gasteiger partial charge in [0.05, 0.1) is 36.7 Å². The zero-order valence-electron chi connectivity index (χ0n) is 20.5. The van der Waals surface area contributed by atoms with Crippen LogP contribution in [0.1, 0.15) is 31.9 Å². The number of fused-ring (bicyclic) bond motifs is 2. The number of methoxy groups -OCH3 is 1. The van der Waals surface area contributed by atoms with E-state index < -0.39 is 17.7 Å². The quantitative estimate of drug-likeness (QED) is 0.454. The molecule has 2 N–H and O–H groups in total. The Balaban J connectivity index is 1.78. The Morgan fingerprint density at radius 3 is 2.69 bits per heavy atom. The number of rotatable bonds is 4. The molecular formula is C27H27BrN4O4. The second-order valence-electron chi connectivity index (χ2n) is 9.46. The molecular weight excluding hydrogens is 524 g/mol. The zero-order chi connectivity index (χ0) is 26.0. The summed E-state index contributed by atoms with van der Waals surface area (Å²) in [6.07, 6.45) is -0.682. The third-order valence-corrected chi connectivity index (χ3v) is 6.25. The van der Waals surface area contributed by atoms with Crippen molar-refractivity contribution in [2.75, 3.05) is 23.9 Å². The van der Waals surface area contributed by atoms with Crippen molar-refractivity contribution < 1.29 is 19.1 Å². The molecule has 36 heavy (non-hydrogen) atoms. The number of nitrogens with zero attached hydrogens (tertiary/aromatic N) is 2. The molecule has 9 heteroatoms. The van der Waals surface area contributed by atoms with Gasteiger partial charge in [0.1, 0.15) is 17.4 Å². The third-order valence-electron chi connectivity index (χ3n) is 5.75. The lowest BCUT2D eigenvalue weighted by Gasteiger charge is -2.28. The van der Waals surface area contributed by atoms with Crippen LogP contribution < -0.4 is 20.3 Å². The highest BCUT2D eigenvalue weighted by Crippen LogP contribution is 2.36. The van der Waals surface area contributed by atoms with Crippen LogP contribution in [0.5, 0.6) is 5.75 Å². The number of anilines is 2. The lowest BCUT2D eigenvalue weighted by Crippen LogP contribution is -2.51. The molecule has 0 aliphatic carbocycles. The summed E-state index contributed by atoms with van der Waals surface area (Å²) in [6.45, 7) is 5.60. The number of hydrogen-bond donors (Lipinski definition) is 2. The Morgan fingerprint density at radius 2 is 2.00 bits per heavy atom. The Hall–Kier alpha value is -3.77. The molecule has 3 aromatic rings. The van der Waals surface area contributed by atoms with Gasteiger partial charge in [-0.1, -0.05) is 28.1 Å². The smallest absolute Gasteiger partial charge is 0.408 e. The number of nitriles is 1. The van der Waals surface area contributed by atoms with Gasteiger partial charge < -0.3 is 25.0 Å². The molecule has 4 rings (SSSR count). The summed E-state index contributed by atoms with van der Waals surface area (Å²) >= 11 is 3.51. The van der Waals surface area contributed by atoms with Gasteiger partial charge >= 0.3 is 6.09 Å². The average Bonchev–Trinajstić information content (AvgIpc) is 2.94. The first kappa shape index (κ1) is 25.3. The summed E-state index contributed by atoms with van der Waals surface area (Å²) in [6, 6.07) is 16.1. The van der Waals surface area contributed by atoms with E-state index in [2.05, 4.69) is 32.6 Å². The molecule has 0 saturated heterocycles. The van der Waals surface area contributed by atoms with E-state index >= 15 is 0 Å². The maximum Gasteiger partial charge on any atom is 0.408 e. The number of hydrogen-bond acceptors (Lipinski definition) is 6. The summed E-state index contributed by atoms with van der Waals surface area (Å²) < 4.78 is 12.0. The summed E-state index contributed by atoms with van der Waals surface area (Å²) in [5.41, 5.74) is 1.80. The van der Waals surface area contributed by atoms with Gasteiger partial charge in [-0.2, -0.15) is 5.26 Å². The van der Waals surface area contributed by atoms with Crippen LogP contribution in [0, 0.1) is 11.3 Å². The van der Waals surface area contributed by atoms with Crippen molar-refractivity contribution in [3.05, 3.63) is 64.1 Å². The molecule has 8 nitrogen and oxygen atoms in total. The van der Waals surface area contributed by atoms with E-state index in [9.17, 15) is 14.9 Å². The number of carbonyl (C=O) groups is 2. The first-order valence-electron chi connectivity index (χ1n) is 11.4. The van der Waals surface area contributed by atoms with Crippen LogP contribution in [-0.2, 0) is 16.1 Å². The summed E-state index contributed by atoms with van der Waals surface area (Å²) in [4.78, 5) is 28.0. The first-order valence-corrected chi connectivity index (χ1v) is 12.2. The minimum absolute atomic E-state index is 0.135. The normalized spacial score (nSPS) is 15.4. The van der Waals surface area contributed by atoms with Gasteiger partial charge in [-0.3, -0.25) is 4.79 Å². The van der Waals surface area contributed by atoms with E-state index in [4.69, 9.17) is 9.47 Å². The van der Waals surface area contributed by atoms with Crippen molar-refractivity contribution in [1.82, 2.24) is 5.32 Å². The second kappa shape index (κ2) is 10.1. The molecule has 3 aromatic carbocycles. The molecule has 0 bridgehead atoms. The van der Waals surface area contributed by atoms with Crippen molar-refractivity contribution in [3.8, 4) is 11.8 Å². The SMILES string of the molecule is COc1ccc2cc(Br)ccc2c1CN1C(=O)[C@@H](NC(=O)OC(C)(C)C)CNc2cc(C#N)ccc21. The highest BCUT2D eigenvalue weighted by Gasteiger charge is 2.33. The Morgan fingerprint density at radius 1 is 1.22 bits per heavy atom. The standard InChI is InChI=1S/C27H27BrN4O4/c1-27(2,3)36-26(34)31-22-14-30-21-11-16(13-29)5-9-23(21)32(25(22)33)15-20-19-8-7-18(28)12-17(19)6-10-24(20)35-4/h5-12,22,30H,14-15H2,1-4H3,(H,31,34)/t22-/m0/s1. The Kier molecular flexibility index (Phi) is 7.09. The molecule has 0 radical (unpaired) electrons.